The minimum atomic E-state index is 0. The molecule has 0 aromatic carbocycles. The van der Waals surface area contributed by atoms with E-state index in [4.69, 9.17) is 0 Å². The molecule has 38 valence electrons. The summed E-state index contributed by atoms with van der Waals surface area (Å²) in [5, 5.41) is 6.28. The van der Waals surface area contributed by atoms with Gasteiger partial charge in [0.1, 0.15) is 0 Å². The van der Waals surface area contributed by atoms with Crippen LogP contribution in [0.3, 0.4) is 0 Å². The van der Waals surface area contributed by atoms with E-state index in [9.17, 15) is 0 Å². The molecule has 6 heavy (non-hydrogen) atoms. The monoisotopic (exact) mass is 124 g/mol. The van der Waals surface area contributed by atoms with Crippen molar-refractivity contribution >= 4 is 18.8 Å². The van der Waals surface area contributed by atoms with E-state index < -0.39 is 0 Å². The second-order valence-electron chi connectivity index (χ2n) is 0.979. The van der Waals surface area contributed by atoms with Crippen molar-refractivity contribution in [3.63, 3.8) is 0 Å². The molecule has 0 aromatic heterocycles. The van der Waals surface area contributed by atoms with Gasteiger partial charge in [0, 0.05) is 22.0 Å². The van der Waals surface area contributed by atoms with Gasteiger partial charge in [0.2, 0.25) is 0 Å². The largest absolute Gasteiger partial charge is 0.285 e. The van der Waals surface area contributed by atoms with E-state index in [-0.39, 0.29) is 9.90 Å². The highest BCUT2D eigenvalue weighted by Crippen LogP contribution is 1.96. The molecule has 1 unspecified atom stereocenters. The minimum absolute atomic E-state index is 0. The lowest BCUT2D eigenvalue weighted by Crippen LogP contribution is -1.99. The Morgan fingerprint density at radius 2 is 1.67 bits per heavy atom. The minimum Gasteiger partial charge on any atom is -0.285 e. The Hall–Kier alpha value is 0.780. The van der Waals surface area contributed by atoms with Crippen molar-refractivity contribution in [2.75, 3.05) is 13.1 Å². The van der Waals surface area contributed by atoms with Crippen LogP contribution in [0.1, 0.15) is 0 Å². The van der Waals surface area contributed by atoms with Gasteiger partial charge in [0.15, 0.2) is 0 Å². The third-order valence-electron chi connectivity index (χ3n) is 0.552. The maximum absolute atomic E-state index is 3.14. The van der Waals surface area contributed by atoms with Crippen LogP contribution >= 0.6 is 18.8 Å². The first-order chi connectivity index (χ1) is 2.50. The van der Waals surface area contributed by atoms with Crippen LogP contribution in [0.15, 0.2) is 0 Å². The molecule has 4 heteroatoms. The van der Waals surface area contributed by atoms with Gasteiger partial charge in [-0.25, -0.2) is 0 Å². The standard InChI is InChI=1S/C2H7N2P.H3P/c1-2-4-5-3-1;/h3-5H,1-2H2;1H3. The van der Waals surface area contributed by atoms with Crippen molar-refractivity contribution in [1.82, 2.24) is 10.2 Å². The molecule has 1 heterocycles. The summed E-state index contributed by atoms with van der Waals surface area (Å²) in [7, 11) is 0.809. The van der Waals surface area contributed by atoms with Gasteiger partial charge in [-0.15, -0.1) is 0 Å². The summed E-state index contributed by atoms with van der Waals surface area (Å²) >= 11 is 0. The van der Waals surface area contributed by atoms with Gasteiger partial charge < -0.3 is 0 Å². The Morgan fingerprint density at radius 1 is 1.17 bits per heavy atom. The van der Waals surface area contributed by atoms with Crippen molar-refractivity contribution in [1.29, 1.82) is 0 Å². The fraction of sp³-hybridized carbons (Fsp3) is 1.00. The molecule has 1 aliphatic rings. The Balaban J connectivity index is 0.000000250. The van der Waals surface area contributed by atoms with Gasteiger partial charge >= 0.3 is 0 Å². The summed E-state index contributed by atoms with van der Waals surface area (Å²) < 4.78 is 0. The molecule has 2 N–H and O–H groups in total. The zero-order valence-electron chi connectivity index (χ0n) is 3.62. The summed E-state index contributed by atoms with van der Waals surface area (Å²) in [5.74, 6) is 0. The molecule has 2 nitrogen and oxygen atoms in total. The van der Waals surface area contributed by atoms with Gasteiger partial charge in [-0.3, -0.25) is 10.2 Å². The fourth-order valence-corrected chi connectivity index (χ4v) is 0.937. The van der Waals surface area contributed by atoms with Crippen molar-refractivity contribution in [3.05, 3.63) is 0 Å². The molecule has 1 aliphatic heterocycles. The van der Waals surface area contributed by atoms with Crippen LogP contribution in [-0.4, -0.2) is 13.1 Å². The van der Waals surface area contributed by atoms with Crippen molar-refractivity contribution in [2.24, 2.45) is 0 Å². The predicted octanol–water partition coefficient (Wildman–Crippen LogP) is -0.254. The topological polar surface area (TPSA) is 24.1 Å². The molecular weight excluding hydrogens is 114 g/mol. The zero-order chi connectivity index (χ0) is 3.54. The van der Waals surface area contributed by atoms with Crippen LogP contribution < -0.4 is 10.2 Å². The van der Waals surface area contributed by atoms with Gasteiger partial charge in [-0.1, -0.05) is 0 Å². The lowest BCUT2D eigenvalue weighted by molar-refractivity contribution is 0.942. The van der Waals surface area contributed by atoms with Crippen molar-refractivity contribution in [2.45, 2.75) is 0 Å². The molecule has 0 bridgehead atoms. The third-order valence-corrected chi connectivity index (χ3v) is 1.41. The van der Waals surface area contributed by atoms with Gasteiger partial charge in [-0.05, 0) is 0 Å². The molecule has 0 saturated carbocycles. The van der Waals surface area contributed by atoms with Crippen LogP contribution in [-0.2, 0) is 0 Å². The van der Waals surface area contributed by atoms with Crippen LogP contribution in [0.5, 0.6) is 0 Å². The number of nitrogens with one attached hydrogen (secondary N) is 2. The van der Waals surface area contributed by atoms with Crippen LogP contribution in [0.4, 0.5) is 0 Å². The van der Waals surface area contributed by atoms with Crippen LogP contribution in [0.2, 0.25) is 0 Å². The molecule has 1 rings (SSSR count). The average Bonchev–Trinajstić information content (AvgIpc) is 1.76. The Labute approximate surface area is 43.0 Å². The molecule has 1 saturated heterocycles. The molecular formula is C2H10N2P2. The van der Waals surface area contributed by atoms with Crippen LogP contribution in [0.25, 0.3) is 0 Å². The lowest BCUT2D eigenvalue weighted by atomic mass is 10.7. The predicted molar refractivity (Wildman–Crippen MR) is 35.4 cm³/mol. The maximum atomic E-state index is 3.14. The van der Waals surface area contributed by atoms with Gasteiger partial charge in [0.25, 0.3) is 0 Å². The van der Waals surface area contributed by atoms with E-state index in [0.29, 0.717) is 0 Å². The van der Waals surface area contributed by atoms with Crippen molar-refractivity contribution in [3.8, 4) is 0 Å². The summed E-state index contributed by atoms with van der Waals surface area (Å²) in [6.07, 6.45) is 0. The average molecular weight is 124 g/mol. The molecule has 0 aliphatic carbocycles. The van der Waals surface area contributed by atoms with E-state index in [1.54, 1.807) is 0 Å². The lowest BCUT2D eigenvalue weighted by Gasteiger charge is -1.77. The molecule has 0 aromatic rings. The van der Waals surface area contributed by atoms with Gasteiger partial charge in [0.05, 0.1) is 0 Å². The van der Waals surface area contributed by atoms with Gasteiger partial charge in [-0.2, -0.15) is 9.90 Å². The first-order valence-corrected chi connectivity index (χ1v) is 2.71. The molecule has 0 spiro atoms. The van der Waals surface area contributed by atoms with E-state index in [0.717, 1.165) is 22.0 Å². The number of hydrogen-bond donors (Lipinski definition) is 2. The number of rotatable bonds is 0. The molecule has 0 amide bonds. The SMILES string of the molecule is C1CNPN1.P. The highest BCUT2D eigenvalue weighted by Gasteiger charge is 1.90. The Kier molecular flexibility index (Phi) is 4.47. The third kappa shape index (κ3) is 2.04. The quantitative estimate of drug-likeness (QED) is 0.435. The summed E-state index contributed by atoms with van der Waals surface area (Å²) in [5.41, 5.74) is 0. The Morgan fingerprint density at radius 3 is 1.83 bits per heavy atom. The first kappa shape index (κ1) is 6.78. The molecule has 1 atom stereocenters. The van der Waals surface area contributed by atoms with E-state index >= 15 is 0 Å². The highest BCUT2D eigenvalue weighted by molar-refractivity contribution is 7.33. The van der Waals surface area contributed by atoms with Crippen molar-refractivity contribution < 1.29 is 0 Å². The molecule has 1 fully saturated rings. The van der Waals surface area contributed by atoms with E-state index in [1.807, 2.05) is 0 Å². The van der Waals surface area contributed by atoms with E-state index in [2.05, 4.69) is 10.2 Å². The highest BCUT2D eigenvalue weighted by atomic mass is 31.1. The summed E-state index contributed by atoms with van der Waals surface area (Å²) in [4.78, 5) is 0. The smallest absolute Gasteiger partial charge is 0.0184 e. The Bertz CT molecular complexity index is 21.1. The normalized spacial score (nSPS) is 20.0. The second kappa shape index (κ2) is 3.95. The summed E-state index contributed by atoms with van der Waals surface area (Å²) in [6, 6.07) is 0. The maximum Gasteiger partial charge on any atom is 0.0184 e. The second-order valence-corrected chi connectivity index (χ2v) is 1.94. The molecule has 0 radical (unpaired) electrons. The first-order valence-electron chi connectivity index (χ1n) is 1.71. The fourth-order valence-electron chi connectivity index (χ4n) is 0.312. The van der Waals surface area contributed by atoms with Crippen LogP contribution in [0, 0.1) is 0 Å². The zero-order valence-corrected chi connectivity index (χ0v) is 6.04. The summed E-state index contributed by atoms with van der Waals surface area (Å²) in [6.45, 7) is 2.30. The number of hydrogen-bond acceptors (Lipinski definition) is 2. The van der Waals surface area contributed by atoms with E-state index in [1.165, 1.54) is 0 Å².